The zero-order valence-electron chi connectivity index (χ0n) is 11.9. The lowest BCUT2D eigenvalue weighted by Gasteiger charge is -2.32. The molecule has 1 saturated heterocycles. The first-order chi connectivity index (χ1) is 9.52. The highest BCUT2D eigenvalue weighted by Crippen LogP contribution is 2.12. The third kappa shape index (κ3) is 5.86. The minimum Gasteiger partial charge on any atom is -0.445 e. The van der Waals surface area contributed by atoms with Crippen molar-refractivity contribution in [2.24, 2.45) is 0 Å². The number of carbonyl (C=O) groups excluding carboxylic acids is 3. The Kier molecular flexibility index (Phi) is 6.76. The van der Waals surface area contributed by atoms with Crippen molar-refractivity contribution < 1.29 is 19.1 Å². The van der Waals surface area contributed by atoms with E-state index in [4.69, 9.17) is 4.74 Å². The summed E-state index contributed by atoms with van der Waals surface area (Å²) < 4.78 is 4.85. The number of ether oxygens (including phenoxy) is 1. The van der Waals surface area contributed by atoms with Crippen LogP contribution >= 0.6 is 0 Å². The van der Waals surface area contributed by atoms with Crippen molar-refractivity contribution in [2.75, 3.05) is 19.7 Å². The Balaban J connectivity index is 2.25. The molecule has 0 saturated carbocycles. The average Bonchev–Trinajstić information content (AvgIpc) is 2.43. The van der Waals surface area contributed by atoms with Gasteiger partial charge in [0.25, 0.3) is 0 Å². The molecule has 0 bridgehead atoms. The molecule has 1 aliphatic rings. The van der Waals surface area contributed by atoms with Gasteiger partial charge in [0.1, 0.15) is 12.4 Å². The molecule has 0 aromatic carbocycles. The van der Waals surface area contributed by atoms with Gasteiger partial charge in [-0.3, -0.25) is 4.79 Å². The first-order valence-electron chi connectivity index (χ1n) is 6.84. The lowest BCUT2D eigenvalue weighted by molar-refractivity contribution is -0.133. The van der Waals surface area contributed by atoms with Crippen molar-refractivity contribution in [2.45, 2.75) is 38.6 Å². The maximum absolute atomic E-state index is 11.8. The topological polar surface area (TPSA) is 75.7 Å². The van der Waals surface area contributed by atoms with Crippen LogP contribution in [0.25, 0.3) is 0 Å². The highest BCUT2D eigenvalue weighted by molar-refractivity contribution is 5.83. The Labute approximate surface area is 119 Å². The molecule has 1 heterocycles. The van der Waals surface area contributed by atoms with Gasteiger partial charge in [-0.1, -0.05) is 12.7 Å². The van der Waals surface area contributed by atoms with Gasteiger partial charge in [-0.2, -0.15) is 0 Å². The summed E-state index contributed by atoms with van der Waals surface area (Å²) in [5.41, 5.74) is 0. The predicted molar refractivity (Wildman–Crippen MR) is 74.2 cm³/mol. The number of hydrogen-bond donors (Lipinski definition) is 1. The number of Topliss-reactive ketones (excluding diaryl/α,β-unsaturated/α-hetero) is 1. The van der Waals surface area contributed by atoms with Gasteiger partial charge in [0, 0.05) is 32.0 Å². The van der Waals surface area contributed by atoms with Crippen molar-refractivity contribution in [1.82, 2.24) is 10.2 Å². The zero-order chi connectivity index (χ0) is 15.0. The maximum atomic E-state index is 11.8. The number of amides is 2. The molecular weight excluding hydrogens is 260 g/mol. The monoisotopic (exact) mass is 282 g/mol. The maximum Gasteiger partial charge on any atom is 0.407 e. The van der Waals surface area contributed by atoms with Gasteiger partial charge in [0.15, 0.2) is 0 Å². The van der Waals surface area contributed by atoms with Crippen LogP contribution in [0, 0.1) is 0 Å². The minimum atomic E-state index is -0.453. The summed E-state index contributed by atoms with van der Waals surface area (Å²) in [5.74, 6) is 0.0350. The number of ketones is 1. The number of nitrogens with zero attached hydrogens (tertiary/aromatic N) is 1. The van der Waals surface area contributed by atoms with Crippen LogP contribution in [-0.2, 0) is 14.3 Å². The van der Waals surface area contributed by atoms with E-state index in [1.54, 1.807) is 4.90 Å². The normalized spacial score (nSPS) is 15.6. The fourth-order valence-corrected chi connectivity index (χ4v) is 2.06. The van der Waals surface area contributed by atoms with Gasteiger partial charge >= 0.3 is 6.09 Å². The zero-order valence-corrected chi connectivity index (χ0v) is 11.9. The fourth-order valence-electron chi connectivity index (χ4n) is 2.06. The lowest BCUT2D eigenvalue weighted by atomic mass is 10.0. The van der Waals surface area contributed by atoms with Crippen LogP contribution in [0.2, 0.25) is 0 Å². The molecule has 0 radical (unpaired) electrons. The van der Waals surface area contributed by atoms with Crippen molar-refractivity contribution >= 4 is 17.8 Å². The summed E-state index contributed by atoms with van der Waals surface area (Å²) in [6.07, 6.45) is 3.03. The molecular formula is C14H22N2O4. The molecule has 2 amide bonds. The van der Waals surface area contributed by atoms with Crippen molar-refractivity contribution in [3.63, 3.8) is 0 Å². The summed E-state index contributed by atoms with van der Waals surface area (Å²) >= 11 is 0. The van der Waals surface area contributed by atoms with E-state index in [9.17, 15) is 14.4 Å². The lowest BCUT2D eigenvalue weighted by Crippen LogP contribution is -2.46. The highest BCUT2D eigenvalue weighted by Gasteiger charge is 2.23. The standard InChI is InChI=1S/C14H22N2O4/c1-3-10-20-14(19)15-12-6-8-16(9-7-12)13(18)5-4-11(2)17/h3,12H,1,4-10H2,2H3,(H,15,19). The molecule has 6 heteroatoms. The van der Waals surface area contributed by atoms with Gasteiger partial charge in [-0.05, 0) is 19.8 Å². The van der Waals surface area contributed by atoms with E-state index in [1.165, 1.54) is 13.0 Å². The van der Waals surface area contributed by atoms with Crippen molar-refractivity contribution in [3.05, 3.63) is 12.7 Å². The summed E-state index contributed by atoms with van der Waals surface area (Å²) in [6, 6.07) is 0.0316. The van der Waals surface area contributed by atoms with E-state index in [1.807, 2.05) is 0 Å². The Morgan fingerprint density at radius 3 is 2.50 bits per heavy atom. The molecule has 0 aliphatic carbocycles. The van der Waals surface area contributed by atoms with Crippen LogP contribution in [-0.4, -0.2) is 48.4 Å². The van der Waals surface area contributed by atoms with E-state index in [-0.39, 0.29) is 30.8 Å². The van der Waals surface area contributed by atoms with E-state index >= 15 is 0 Å². The number of nitrogens with one attached hydrogen (secondary N) is 1. The Bertz CT molecular complexity index is 373. The summed E-state index contributed by atoms with van der Waals surface area (Å²) in [6.45, 7) is 6.34. The van der Waals surface area contributed by atoms with E-state index in [0.717, 1.165) is 0 Å². The smallest absolute Gasteiger partial charge is 0.407 e. The largest absolute Gasteiger partial charge is 0.445 e. The quantitative estimate of drug-likeness (QED) is 0.744. The number of piperidine rings is 1. The summed E-state index contributed by atoms with van der Waals surface area (Å²) in [5, 5.41) is 2.76. The molecule has 112 valence electrons. The Hall–Kier alpha value is -1.85. The summed E-state index contributed by atoms with van der Waals surface area (Å²) in [4.78, 5) is 35.8. The van der Waals surface area contributed by atoms with Crippen molar-refractivity contribution in [1.29, 1.82) is 0 Å². The van der Waals surface area contributed by atoms with E-state index in [2.05, 4.69) is 11.9 Å². The number of alkyl carbamates (subject to hydrolysis) is 1. The van der Waals surface area contributed by atoms with Crippen LogP contribution < -0.4 is 5.32 Å². The van der Waals surface area contributed by atoms with Gasteiger partial charge < -0.3 is 19.7 Å². The van der Waals surface area contributed by atoms with Gasteiger partial charge in [-0.25, -0.2) is 4.79 Å². The van der Waals surface area contributed by atoms with E-state index in [0.29, 0.717) is 32.4 Å². The number of carbonyl (C=O) groups is 3. The van der Waals surface area contributed by atoms with Gasteiger partial charge in [0.05, 0.1) is 0 Å². The molecule has 6 nitrogen and oxygen atoms in total. The molecule has 20 heavy (non-hydrogen) atoms. The molecule has 0 atom stereocenters. The molecule has 0 aromatic heterocycles. The molecule has 1 rings (SSSR count). The highest BCUT2D eigenvalue weighted by atomic mass is 16.5. The molecule has 1 N–H and O–H groups in total. The van der Waals surface area contributed by atoms with Gasteiger partial charge in [0.2, 0.25) is 5.91 Å². The van der Waals surface area contributed by atoms with E-state index < -0.39 is 6.09 Å². The third-order valence-electron chi connectivity index (χ3n) is 3.19. The molecule has 1 aliphatic heterocycles. The molecule has 1 fully saturated rings. The Morgan fingerprint density at radius 2 is 1.95 bits per heavy atom. The first kappa shape index (κ1) is 16.2. The SMILES string of the molecule is C=CCOC(=O)NC1CCN(C(=O)CCC(C)=O)CC1. The summed E-state index contributed by atoms with van der Waals surface area (Å²) in [7, 11) is 0. The number of rotatable bonds is 6. The fraction of sp³-hybridized carbons (Fsp3) is 0.643. The second-order valence-electron chi connectivity index (χ2n) is 4.89. The Morgan fingerprint density at radius 1 is 1.30 bits per heavy atom. The van der Waals surface area contributed by atoms with Crippen LogP contribution in [0.4, 0.5) is 4.79 Å². The predicted octanol–water partition coefficient (Wildman–Crippen LogP) is 1.26. The average molecular weight is 282 g/mol. The second kappa shape index (κ2) is 8.35. The third-order valence-corrected chi connectivity index (χ3v) is 3.19. The van der Waals surface area contributed by atoms with Gasteiger partial charge in [-0.15, -0.1) is 0 Å². The second-order valence-corrected chi connectivity index (χ2v) is 4.89. The van der Waals surface area contributed by atoms with Crippen molar-refractivity contribution in [3.8, 4) is 0 Å². The minimum absolute atomic E-state index is 0.00730. The molecule has 0 spiro atoms. The first-order valence-corrected chi connectivity index (χ1v) is 6.84. The van der Waals surface area contributed by atoms with Crippen LogP contribution in [0.5, 0.6) is 0 Å². The van der Waals surface area contributed by atoms with Crippen LogP contribution in [0.15, 0.2) is 12.7 Å². The number of likely N-dealkylation sites (tertiary alicyclic amines) is 1. The van der Waals surface area contributed by atoms with Crippen LogP contribution in [0.3, 0.4) is 0 Å². The van der Waals surface area contributed by atoms with Crippen LogP contribution in [0.1, 0.15) is 32.6 Å². The number of hydrogen-bond acceptors (Lipinski definition) is 4. The molecule has 0 unspecified atom stereocenters. The molecule has 0 aromatic rings.